The van der Waals surface area contributed by atoms with Gasteiger partial charge in [0, 0.05) is 0 Å². The van der Waals surface area contributed by atoms with E-state index in [2.05, 4.69) is 16.8 Å². The lowest BCUT2D eigenvalue weighted by Crippen LogP contribution is -2.17. The van der Waals surface area contributed by atoms with Crippen molar-refractivity contribution >= 4 is 32.9 Å². The first kappa shape index (κ1) is 14.2. The lowest BCUT2D eigenvalue weighted by molar-refractivity contribution is 0.334. The van der Waals surface area contributed by atoms with Crippen molar-refractivity contribution in [2.24, 2.45) is 0 Å². The molecule has 0 aromatic heterocycles. The third kappa shape index (κ3) is 8.75. The molecule has 0 radical (unpaired) electrons. The van der Waals surface area contributed by atoms with Gasteiger partial charge in [0.25, 0.3) is 20.2 Å². The first-order valence-electron chi connectivity index (χ1n) is 3.70. The maximum Gasteiger partial charge on any atom is 0.267 e. The van der Waals surface area contributed by atoms with E-state index in [0.29, 0.717) is 12.2 Å². The van der Waals surface area contributed by atoms with E-state index in [1.54, 1.807) is 0 Å². The highest BCUT2D eigenvalue weighted by Gasteiger charge is 2.12. The second-order valence-electron chi connectivity index (χ2n) is 2.45. The van der Waals surface area contributed by atoms with Gasteiger partial charge in [0.05, 0.1) is 12.4 Å². The topological polar surface area (TPSA) is 97.7 Å². The van der Waals surface area contributed by atoms with Gasteiger partial charge < -0.3 is 0 Å². The molecule has 0 saturated carbocycles. The van der Waals surface area contributed by atoms with Gasteiger partial charge in [-0.25, -0.2) is 0 Å². The molecule has 0 aromatic rings. The lowest BCUT2D eigenvalue weighted by atomic mass is 10.6. The molecule has 0 fully saturated rings. The molecule has 0 aromatic carbocycles. The summed E-state index contributed by atoms with van der Waals surface area (Å²) in [6.07, 6.45) is 0.331. The molecule has 6 nitrogen and oxygen atoms in total. The van der Waals surface area contributed by atoms with Crippen molar-refractivity contribution in [3.8, 4) is 0 Å². The van der Waals surface area contributed by atoms with Crippen molar-refractivity contribution in [2.75, 3.05) is 23.9 Å². The van der Waals surface area contributed by atoms with Crippen LogP contribution in [0.15, 0.2) is 0 Å². The van der Waals surface area contributed by atoms with Gasteiger partial charge >= 0.3 is 0 Å². The Hall–Kier alpha value is 0.170. The van der Waals surface area contributed by atoms with E-state index in [1.807, 2.05) is 0 Å². The summed E-state index contributed by atoms with van der Waals surface area (Å²) in [4.78, 5) is 0. The predicted molar refractivity (Wildman–Crippen MR) is 54.6 cm³/mol. The van der Waals surface area contributed by atoms with Crippen LogP contribution in [0.4, 0.5) is 0 Å². The smallest absolute Gasteiger partial charge is 0.267 e. The summed E-state index contributed by atoms with van der Waals surface area (Å²) in [5.74, 6) is -0.532. The van der Waals surface area contributed by atoms with Crippen LogP contribution in [0.2, 0.25) is 0 Å². The first-order chi connectivity index (χ1) is 6.27. The Morgan fingerprint density at radius 2 is 1.71 bits per heavy atom. The Balaban J connectivity index is 3.89. The molecule has 14 heavy (non-hydrogen) atoms. The minimum atomic E-state index is -4.17. The summed E-state index contributed by atoms with van der Waals surface area (Å²) in [7, 11) is -7.86. The zero-order chi connectivity index (χ0) is 11.2. The average Bonchev–Trinajstić information content (AvgIpc) is 1.98. The fraction of sp³-hybridized carbons (Fsp3) is 1.00. The molecule has 0 spiro atoms. The summed E-state index contributed by atoms with van der Waals surface area (Å²) in [6, 6.07) is 0. The second-order valence-corrected chi connectivity index (χ2v) is 6.23. The molecular formula is C5H12O6S3. The quantitative estimate of drug-likeness (QED) is 0.367. The highest BCUT2D eigenvalue weighted by molar-refractivity contribution is 7.87. The zero-order valence-electron chi connectivity index (χ0n) is 7.29. The first-order valence-corrected chi connectivity index (χ1v) is 7.52. The Morgan fingerprint density at radius 1 is 1.14 bits per heavy atom. The third-order valence-electron chi connectivity index (χ3n) is 1.16. The molecule has 0 aliphatic rings. The molecule has 0 saturated heterocycles. The van der Waals surface area contributed by atoms with Gasteiger partial charge in [-0.3, -0.25) is 8.74 Å². The second kappa shape index (κ2) is 5.91. The third-order valence-corrected chi connectivity index (χ3v) is 3.47. The molecule has 0 aliphatic heterocycles. The SMILES string of the molecule is O=S(=O)(O)CCOS(=O)(=O)CCCS. The van der Waals surface area contributed by atoms with Crippen molar-refractivity contribution in [3.05, 3.63) is 0 Å². The monoisotopic (exact) mass is 264 g/mol. The molecule has 0 bridgehead atoms. The largest absolute Gasteiger partial charge is 0.285 e. The van der Waals surface area contributed by atoms with Gasteiger partial charge in [-0.05, 0) is 12.2 Å². The van der Waals surface area contributed by atoms with Crippen molar-refractivity contribution in [1.82, 2.24) is 0 Å². The van der Waals surface area contributed by atoms with Crippen molar-refractivity contribution in [1.29, 1.82) is 0 Å². The summed E-state index contributed by atoms with van der Waals surface area (Å²) >= 11 is 3.81. The van der Waals surface area contributed by atoms with Gasteiger partial charge in [0.15, 0.2) is 0 Å². The molecule has 0 aliphatic carbocycles. The highest BCUT2D eigenvalue weighted by atomic mass is 32.2. The number of hydrogen-bond acceptors (Lipinski definition) is 6. The molecule has 1 N–H and O–H groups in total. The Bertz CT molecular complexity index is 342. The predicted octanol–water partition coefficient (Wildman–Crippen LogP) is -0.459. The highest BCUT2D eigenvalue weighted by Crippen LogP contribution is 1.98. The van der Waals surface area contributed by atoms with Crippen LogP contribution in [-0.2, 0) is 24.4 Å². The van der Waals surface area contributed by atoms with Crippen LogP contribution in [0.5, 0.6) is 0 Å². The zero-order valence-corrected chi connectivity index (χ0v) is 9.82. The van der Waals surface area contributed by atoms with Crippen molar-refractivity contribution in [3.63, 3.8) is 0 Å². The summed E-state index contributed by atoms with van der Waals surface area (Å²) in [5.41, 5.74) is 0. The van der Waals surface area contributed by atoms with Crippen LogP contribution in [0.3, 0.4) is 0 Å². The summed E-state index contributed by atoms with van der Waals surface area (Å²) < 4.78 is 54.9. The Kier molecular flexibility index (Phi) is 5.98. The van der Waals surface area contributed by atoms with E-state index in [-0.39, 0.29) is 5.75 Å². The van der Waals surface area contributed by atoms with E-state index in [4.69, 9.17) is 4.55 Å². The van der Waals surface area contributed by atoms with Crippen molar-refractivity contribution < 1.29 is 25.6 Å². The van der Waals surface area contributed by atoms with E-state index in [9.17, 15) is 16.8 Å². The van der Waals surface area contributed by atoms with Crippen LogP contribution in [0.1, 0.15) is 6.42 Å². The van der Waals surface area contributed by atoms with Gasteiger partial charge in [0.2, 0.25) is 0 Å². The molecule has 0 amide bonds. The number of thiol groups is 1. The number of hydrogen-bond donors (Lipinski definition) is 2. The van der Waals surface area contributed by atoms with E-state index >= 15 is 0 Å². The average molecular weight is 264 g/mol. The van der Waals surface area contributed by atoms with Crippen LogP contribution < -0.4 is 0 Å². The van der Waals surface area contributed by atoms with E-state index in [0.717, 1.165) is 0 Å². The maximum absolute atomic E-state index is 10.9. The summed E-state index contributed by atoms with van der Waals surface area (Å²) in [6.45, 7) is -0.562. The Morgan fingerprint density at radius 3 is 2.14 bits per heavy atom. The lowest BCUT2D eigenvalue weighted by Gasteiger charge is -2.02. The minimum absolute atomic E-state index is 0.206. The minimum Gasteiger partial charge on any atom is -0.285 e. The fourth-order valence-corrected chi connectivity index (χ4v) is 2.29. The molecular weight excluding hydrogens is 252 g/mol. The molecule has 0 rings (SSSR count). The van der Waals surface area contributed by atoms with Crippen LogP contribution in [-0.4, -0.2) is 45.3 Å². The van der Waals surface area contributed by atoms with Crippen molar-refractivity contribution in [2.45, 2.75) is 6.42 Å². The molecule has 86 valence electrons. The molecule has 0 unspecified atom stereocenters. The molecule has 0 atom stereocenters. The molecule has 0 heterocycles. The van der Waals surface area contributed by atoms with Crippen LogP contribution in [0.25, 0.3) is 0 Å². The van der Waals surface area contributed by atoms with E-state index < -0.39 is 32.6 Å². The fourth-order valence-electron chi connectivity index (χ4n) is 0.567. The standard InChI is InChI=1S/C5H12O6S3/c6-13(7,8)5-2-11-14(9,10)4-1-3-12/h12H,1-5H2,(H,6,7,8). The van der Waals surface area contributed by atoms with Gasteiger partial charge in [-0.15, -0.1) is 0 Å². The number of rotatable bonds is 7. The van der Waals surface area contributed by atoms with E-state index in [1.165, 1.54) is 0 Å². The maximum atomic E-state index is 10.9. The van der Waals surface area contributed by atoms with Gasteiger partial charge in [-0.2, -0.15) is 29.5 Å². The van der Waals surface area contributed by atoms with Gasteiger partial charge in [-0.1, -0.05) is 0 Å². The Labute approximate surface area is 88.9 Å². The van der Waals surface area contributed by atoms with Crippen LogP contribution >= 0.6 is 12.6 Å². The molecule has 9 heteroatoms. The van der Waals surface area contributed by atoms with Crippen LogP contribution in [0, 0.1) is 0 Å². The normalized spacial score (nSPS) is 13.0. The van der Waals surface area contributed by atoms with Gasteiger partial charge in [0.1, 0.15) is 5.75 Å². The summed E-state index contributed by atoms with van der Waals surface area (Å²) in [5, 5.41) is 0.